The predicted molar refractivity (Wildman–Crippen MR) is 62.2 cm³/mol. The summed E-state index contributed by atoms with van der Waals surface area (Å²) in [5, 5.41) is 5.44. The molecule has 0 fully saturated rings. The van der Waals surface area contributed by atoms with E-state index in [1.807, 2.05) is 18.2 Å². The summed E-state index contributed by atoms with van der Waals surface area (Å²) in [4.78, 5) is 0. The predicted octanol–water partition coefficient (Wildman–Crippen LogP) is 2.56. The van der Waals surface area contributed by atoms with Crippen LogP contribution >= 0.6 is 23.6 Å². The molecule has 0 saturated carbocycles. The molecule has 1 aromatic heterocycles. The Morgan fingerprint density at radius 2 is 2.15 bits per heavy atom. The maximum atomic E-state index is 5.37. The standard InChI is InChI=1S/C9H8N2S2/c10-9(12)11-8-5-6-3-1-2-4-7(6)13-8/h1-5H,(H3,10,11,12). The molecule has 0 spiro atoms. The highest BCUT2D eigenvalue weighted by atomic mass is 32.1. The third-order valence-corrected chi connectivity index (χ3v) is 2.81. The molecule has 0 amide bonds. The molecule has 0 aliphatic heterocycles. The quantitative estimate of drug-likeness (QED) is 0.707. The number of anilines is 1. The second-order valence-electron chi connectivity index (χ2n) is 2.64. The third kappa shape index (κ3) is 1.79. The zero-order valence-corrected chi connectivity index (χ0v) is 8.41. The van der Waals surface area contributed by atoms with Crippen LogP contribution in [0.5, 0.6) is 0 Å². The van der Waals surface area contributed by atoms with E-state index in [0.29, 0.717) is 5.11 Å². The van der Waals surface area contributed by atoms with E-state index in [9.17, 15) is 0 Å². The summed E-state index contributed by atoms with van der Waals surface area (Å²) in [6, 6.07) is 10.2. The Morgan fingerprint density at radius 1 is 1.38 bits per heavy atom. The summed E-state index contributed by atoms with van der Waals surface area (Å²) in [6.07, 6.45) is 0. The number of hydrogen-bond acceptors (Lipinski definition) is 2. The Hall–Kier alpha value is -1.13. The second-order valence-corrected chi connectivity index (χ2v) is 4.16. The molecule has 13 heavy (non-hydrogen) atoms. The lowest BCUT2D eigenvalue weighted by atomic mass is 10.3. The van der Waals surface area contributed by atoms with Crippen LogP contribution in [0.3, 0.4) is 0 Å². The van der Waals surface area contributed by atoms with Crippen LogP contribution < -0.4 is 11.1 Å². The molecule has 0 saturated heterocycles. The number of thiophene rings is 1. The minimum absolute atomic E-state index is 0.312. The first kappa shape index (κ1) is 8.47. The number of nitrogens with two attached hydrogens (primary N) is 1. The fourth-order valence-electron chi connectivity index (χ4n) is 1.16. The fourth-order valence-corrected chi connectivity index (χ4v) is 2.31. The van der Waals surface area contributed by atoms with Crippen LogP contribution in [0.15, 0.2) is 30.3 Å². The van der Waals surface area contributed by atoms with E-state index in [0.717, 1.165) is 5.00 Å². The highest BCUT2D eigenvalue weighted by Crippen LogP contribution is 2.28. The summed E-state index contributed by atoms with van der Waals surface area (Å²) in [6.45, 7) is 0. The number of benzene rings is 1. The zero-order chi connectivity index (χ0) is 9.26. The number of hydrogen-bond donors (Lipinski definition) is 2. The molecule has 3 N–H and O–H groups in total. The van der Waals surface area contributed by atoms with Gasteiger partial charge in [-0.3, -0.25) is 0 Å². The zero-order valence-electron chi connectivity index (χ0n) is 6.78. The first-order valence-corrected chi connectivity index (χ1v) is 5.03. The van der Waals surface area contributed by atoms with Crippen LogP contribution in [-0.4, -0.2) is 5.11 Å². The Labute approximate surface area is 85.4 Å². The molecule has 66 valence electrons. The lowest BCUT2D eigenvalue weighted by molar-refractivity contribution is 1.71. The molecule has 0 aliphatic carbocycles. The van der Waals surface area contributed by atoms with E-state index in [-0.39, 0.29) is 0 Å². The molecule has 0 atom stereocenters. The lowest BCUT2D eigenvalue weighted by Gasteiger charge is -1.95. The van der Waals surface area contributed by atoms with Crippen molar-refractivity contribution in [3.8, 4) is 0 Å². The molecule has 0 unspecified atom stereocenters. The van der Waals surface area contributed by atoms with Crippen molar-refractivity contribution in [2.24, 2.45) is 5.73 Å². The average Bonchev–Trinajstić information content (AvgIpc) is 2.44. The van der Waals surface area contributed by atoms with Crippen LogP contribution in [-0.2, 0) is 0 Å². The molecule has 2 rings (SSSR count). The summed E-state index contributed by atoms with van der Waals surface area (Å²) in [5.41, 5.74) is 5.37. The molecular weight excluding hydrogens is 200 g/mol. The van der Waals surface area contributed by atoms with Crippen molar-refractivity contribution in [3.63, 3.8) is 0 Å². The van der Waals surface area contributed by atoms with Crippen molar-refractivity contribution < 1.29 is 0 Å². The van der Waals surface area contributed by atoms with Gasteiger partial charge in [-0.1, -0.05) is 18.2 Å². The number of thiocarbonyl (C=S) groups is 1. The van der Waals surface area contributed by atoms with E-state index in [1.165, 1.54) is 10.1 Å². The van der Waals surface area contributed by atoms with Crippen molar-refractivity contribution in [1.82, 2.24) is 0 Å². The average molecular weight is 208 g/mol. The van der Waals surface area contributed by atoms with Crippen LogP contribution in [0, 0.1) is 0 Å². The van der Waals surface area contributed by atoms with Gasteiger partial charge in [-0.05, 0) is 29.7 Å². The first-order valence-electron chi connectivity index (χ1n) is 3.81. The lowest BCUT2D eigenvalue weighted by Crippen LogP contribution is -2.17. The molecule has 4 heteroatoms. The summed E-state index contributed by atoms with van der Waals surface area (Å²) in [7, 11) is 0. The van der Waals surface area contributed by atoms with E-state index in [4.69, 9.17) is 18.0 Å². The van der Waals surface area contributed by atoms with Gasteiger partial charge in [0.25, 0.3) is 0 Å². The van der Waals surface area contributed by atoms with Crippen molar-refractivity contribution in [2.75, 3.05) is 5.32 Å². The van der Waals surface area contributed by atoms with Crippen molar-refractivity contribution in [2.45, 2.75) is 0 Å². The molecule has 2 nitrogen and oxygen atoms in total. The SMILES string of the molecule is NC(=S)Nc1cc2ccccc2s1. The Morgan fingerprint density at radius 3 is 2.85 bits per heavy atom. The van der Waals surface area contributed by atoms with Crippen LogP contribution in [0.25, 0.3) is 10.1 Å². The molecule has 1 heterocycles. The van der Waals surface area contributed by atoms with Gasteiger partial charge < -0.3 is 11.1 Å². The van der Waals surface area contributed by atoms with E-state index in [1.54, 1.807) is 11.3 Å². The first-order chi connectivity index (χ1) is 6.25. The minimum atomic E-state index is 0.312. The highest BCUT2D eigenvalue weighted by molar-refractivity contribution is 7.80. The smallest absolute Gasteiger partial charge is 0.168 e. The van der Waals surface area contributed by atoms with Gasteiger partial charge in [0, 0.05) is 4.70 Å². The van der Waals surface area contributed by atoms with Gasteiger partial charge >= 0.3 is 0 Å². The van der Waals surface area contributed by atoms with Crippen molar-refractivity contribution in [1.29, 1.82) is 0 Å². The largest absolute Gasteiger partial charge is 0.376 e. The maximum absolute atomic E-state index is 5.37. The normalized spacial score (nSPS) is 10.2. The van der Waals surface area contributed by atoms with Crippen LogP contribution in [0.2, 0.25) is 0 Å². The monoisotopic (exact) mass is 208 g/mol. The van der Waals surface area contributed by atoms with Crippen molar-refractivity contribution in [3.05, 3.63) is 30.3 Å². The molecule has 0 aliphatic rings. The van der Waals surface area contributed by atoms with E-state index in [2.05, 4.69) is 17.4 Å². The summed E-state index contributed by atoms with van der Waals surface area (Å²) >= 11 is 6.40. The summed E-state index contributed by atoms with van der Waals surface area (Å²) in [5.74, 6) is 0. The Kier molecular flexibility index (Phi) is 2.16. The van der Waals surface area contributed by atoms with Crippen LogP contribution in [0.1, 0.15) is 0 Å². The van der Waals surface area contributed by atoms with E-state index < -0.39 is 0 Å². The highest BCUT2D eigenvalue weighted by Gasteiger charge is 1.99. The Bertz CT molecular complexity index is 415. The molecule has 0 bridgehead atoms. The summed E-state index contributed by atoms with van der Waals surface area (Å²) < 4.78 is 1.24. The van der Waals surface area contributed by atoms with E-state index >= 15 is 0 Å². The van der Waals surface area contributed by atoms with Gasteiger partial charge in [-0.25, -0.2) is 0 Å². The van der Waals surface area contributed by atoms with Crippen molar-refractivity contribution >= 4 is 43.8 Å². The van der Waals surface area contributed by atoms with Gasteiger partial charge in [-0.2, -0.15) is 0 Å². The fraction of sp³-hybridized carbons (Fsp3) is 0. The molecule has 1 aromatic carbocycles. The Balaban J connectivity index is 2.44. The van der Waals surface area contributed by atoms with Gasteiger partial charge in [-0.15, -0.1) is 11.3 Å². The van der Waals surface area contributed by atoms with Gasteiger partial charge in [0.1, 0.15) is 0 Å². The van der Waals surface area contributed by atoms with Gasteiger partial charge in [0.05, 0.1) is 5.00 Å². The molecular formula is C9H8N2S2. The topological polar surface area (TPSA) is 38.0 Å². The molecule has 2 aromatic rings. The number of fused-ring (bicyclic) bond motifs is 1. The van der Waals surface area contributed by atoms with Gasteiger partial charge in [0.15, 0.2) is 5.11 Å². The number of rotatable bonds is 1. The molecule has 0 radical (unpaired) electrons. The third-order valence-electron chi connectivity index (χ3n) is 1.67. The number of nitrogens with one attached hydrogen (secondary N) is 1. The van der Waals surface area contributed by atoms with Crippen LogP contribution in [0.4, 0.5) is 5.00 Å². The second kappa shape index (κ2) is 3.32. The minimum Gasteiger partial charge on any atom is -0.376 e. The van der Waals surface area contributed by atoms with Gasteiger partial charge in [0.2, 0.25) is 0 Å². The maximum Gasteiger partial charge on any atom is 0.168 e.